The van der Waals surface area contributed by atoms with Crippen molar-refractivity contribution in [2.24, 2.45) is 7.05 Å². The van der Waals surface area contributed by atoms with E-state index in [0.29, 0.717) is 5.56 Å². The lowest BCUT2D eigenvalue weighted by molar-refractivity contribution is -0.617. The van der Waals surface area contributed by atoms with Gasteiger partial charge in [0.05, 0.1) is 16.3 Å². The van der Waals surface area contributed by atoms with Crippen molar-refractivity contribution in [3.63, 3.8) is 0 Å². The molecule has 0 aliphatic rings. The van der Waals surface area contributed by atoms with E-state index in [9.17, 15) is 4.79 Å². The van der Waals surface area contributed by atoms with Gasteiger partial charge >= 0.3 is 0 Å². The summed E-state index contributed by atoms with van der Waals surface area (Å²) in [5, 5.41) is 1.36. The molecule has 0 fully saturated rings. The molecule has 0 bridgehead atoms. The Balaban J connectivity index is 2.67. The third-order valence-electron chi connectivity index (χ3n) is 3.27. The first-order valence-electron chi connectivity index (χ1n) is 5.69. The summed E-state index contributed by atoms with van der Waals surface area (Å²) >= 11 is 5.77. The number of fused-ring (bicyclic) bond motifs is 2. The topological polar surface area (TPSA) is 20.9 Å². The number of hydrogen-bond donors (Lipinski definition) is 0. The number of carbonyl (C=O) groups is 1. The zero-order valence-electron chi connectivity index (χ0n) is 9.85. The Kier molecular flexibility index (Phi) is 2.53. The summed E-state index contributed by atoms with van der Waals surface area (Å²) < 4.78 is 2.08. The maximum absolute atomic E-state index is 11.7. The van der Waals surface area contributed by atoms with Gasteiger partial charge in [0.2, 0.25) is 11.0 Å². The average molecular weight is 257 g/mol. The molecule has 0 radical (unpaired) electrons. The average Bonchev–Trinajstić information content (AvgIpc) is 2.39. The van der Waals surface area contributed by atoms with Crippen LogP contribution in [0.15, 0.2) is 48.5 Å². The Bertz CT molecular complexity index is 723. The van der Waals surface area contributed by atoms with Gasteiger partial charge in [-0.3, -0.25) is 4.79 Å². The maximum Gasteiger partial charge on any atom is 0.254 e. The van der Waals surface area contributed by atoms with E-state index in [4.69, 9.17) is 11.6 Å². The predicted octanol–water partition coefficient (Wildman–Crippen LogP) is 3.20. The fourth-order valence-corrected chi connectivity index (χ4v) is 2.65. The van der Waals surface area contributed by atoms with Gasteiger partial charge < -0.3 is 0 Å². The van der Waals surface area contributed by atoms with E-state index in [1.54, 1.807) is 0 Å². The lowest BCUT2D eigenvalue weighted by Crippen LogP contribution is -2.30. The quantitative estimate of drug-likeness (QED) is 0.372. The van der Waals surface area contributed by atoms with Gasteiger partial charge in [-0.25, -0.2) is 0 Å². The number of para-hydroxylation sites is 2. The Morgan fingerprint density at radius 3 is 1.83 bits per heavy atom. The Labute approximate surface area is 109 Å². The number of aryl methyl sites for hydroxylation is 1. The Hall–Kier alpha value is -1.93. The second-order valence-corrected chi connectivity index (χ2v) is 4.59. The van der Waals surface area contributed by atoms with Crippen LogP contribution in [0.4, 0.5) is 0 Å². The molecule has 18 heavy (non-hydrogen) atoms. The van der Waals surface area contributed by atoms with E-state index >= 15 is 0 Å². The summed E-state index contributed by atoms with van der Waals surface area (Å²) in [6.07, 6.45) is 0. The maximum atomic E-state index is 11.7. The number of carbonyl (C=O) groups excluding carboxylic acids is 1. The molecule has 0 atom stereocenters. The normalized spacial score (nSPS) is 11.0. The van der Waals surface area contributed by atoms with Crippen molar-refractivity contribution in [2.45, 2.75) is 0 Å². The zero-order chi connectivity index (χ0) is 12.7. The van der Waals surface area contributed by atoms with Gasteiger partial charge in [0, 0.05) is 12.1 Å². The molecule has 2 aromatic carbocycles. The van der Waals surface area contributed by atoms with Gasteiger partial charge in [-0.15, -0.1) is 0 Å². The number of pyridine rings is 1. The molecule has 3 aromatic rings. The van der Waals surface area contributed by atoms with Gasteiger partial charge in [0.15, 0.2) is 0 Å². The van der Waals surface area contributed by atoms with Crippen LogP contribution in [0.2, 0.25) is 0 Å². The smallest absolute Gasteiger partial charge is 0.254 e. The summed E-state index contributed by atoms with van der Waals surface area (Å²) in [5.41, 5.74) is 2.58. The van der Waals surface area contributed by atoms with E-state index in [1.807, 2.05) is 55.6 Å². The monoisotopic (exact) mass is 256 g/mol. The largest absolute Gasteiger partial charge is 0.276 e. The van der Waals surface area contributed by atoms with Crippen molar-refractivity contribution in [2.75, 3.05) is 0 Å². The highest BCUT2D eigenvalue weighted by Gasteiger charge is 2.20. The number of rotatable bonds is 1. The summed E-state index contributed by atoms with van der Waals surface area (Å²) in [7, 11) is 1.99. The second-order valence-electron chi connectivity index (χ2n) is 4.24. The highest BCUT2D eigenvalue weighted by atomic mass is 35.5. The molecule has 3 heteroatoms. The van der Waals surface area contributed by atoms with E-state index < -0.39 is 5.24 Å². The van der Waals surface area contributed by atoms with E-state index in [2.05, 4.69) is 4.57 Å². The first kappa shape index (κ1) is 11.2. The molecule has 0 aliphatic heterocycles. The summed E-state index contributed by atoms with van der Waals surface area (Å²) in [6.45, 7) is 0. The minimum absolute atomic E-state index is 0.414. The summed E-state index contributed by atoms with van der Waals surface area (Å²) in [5.74, 6) is 0. The molecular weight excluding hydrogens is 246 g/mol. The van der Waals surface area contributed by atoms with Crippen molar-refractivity contribution in [3.05, 3.63) is 54.1 Å². The molecule has 2 nitrogen and oxygen atoms in total. The molecule has 3 rings (SSSR count). The molecule has 0 saturated heterocycles. The molecule has 0 saturated carbocycles. The summed E-state index contributed by atoms with van der Waals surface area (Å²) in [6, 6.07) is 15.6. The molecule has 0 unspecified atom stereocenters. The van der Waals surface area contributed by atoms with E-state index in [-0.39, 0.29) is 0 Å². The van der Waals surface area contributed by atoms with Crippen molar-refractivity contribution in [1.82, 2.24) is 0 Å². The van der Waals surface area contributed by atoms with Crippen LogP contribution in [-0.4, -0.2) is 5.24 Å². The molecule has 1 aromatic heterocycles. The first-order valence-corrected chi connectivity index (χ1v) is 6.07. The molecule has 0 aliphatic carbocycles. The summed E-state index contributed by atoms with van der Waals surface area (Å²) in [4.78, 5) is 11.7. The van der Waals surface area contributed by atoms with Crippen molar-refractivity contribution in [1.29, 1.82) is 0 Å². The van der Waals surface area contributed by atoms with Crippen molar-refractivity contribution < 1.29 is 9.36 Å². The number of hydrogen-bond acceptors (Lipinski definition) is 1. The van der Waals surface area contributed by atoms with E-state index in [1.165, 1.54) is 0 Å². The predicted molar refractivity (Wildman–Crippen MR) is 72.8 cm³/mol. The fourth-order valence-electron chi connectivity index (χ4n) is 2.44. The highest BCUT2D eigenvalue weighted by molar-refractivity contribution is 6.69. The molecule has 0 N–H and O–H groups in total. The molecular formula is C15H11ClNO+. The molecule has 88 valence electrons. The van der Waals surface area contributed by atoms with Gasteiger partial charge in [0.25, 0.3) is 5.24 Å². The van der Waals surface area contributed by atoms with Gasteiger partial charge in [0.1, 0.15) is 7.05 Å². The highest BCUT2D eigenvalue weighted by Crippen LogP contribution is 2.25. The Morgan fingerprint density at radius 1 is 0.944 bits per heavy atom. The third kappa shape index (κ3) is 1.50. The second kappa shape index (κ2) is 4.07. The lowest BCUT2D eigenvalue weighted by atomic mass is 10.0. The minimum atomic E-state index is -0.414. The molecule has 0 spiro atoms. The van der Waals surface area contributed by atoms with Crippen LogP contribution in [0.1, 0.15) is 10.4 Å². The van der Waals surface area contributed by atoms with Crippen LogP contribution in [0.25, 0.3) is 21.8 Å². The van der Waals surface area contributed by atoms with Crippen molar-refractivity contribution in [3.8, 4) is 0 Å². The van der Waals surface area contributed by atoms with Gasteiger partial charge in [-0.2, -0.15) is 4.57 Å². The van der Waals surface area contributed by atoms with Crippen LogP contribution >= 0.6 is 11.6 Å². The third-order valence-corrected chi connectivity index (χ3v) is 3.46. The minimum Gasteiger partial charge on any atom is -0.276 e. The lowest BCUT2D eigenvalue weighted by Gasteiger charge is -2.06. The number of aromatic nitrogens is 1. The molecule has 1 heterocycles. The zero-order valence-corrected chi connectivity index (χ0v) is 10.6. The van der Waals surface area contributed by atoms with Gasteiger partial charge in [-0.05, 0) is 23.7 Å². The van der Waals surface area contributed by atoms with Crippen LogP contribution in [0.5, 0.6) is 0 Å². The van der Waals surface area contributed by atoms with Crippen molar-refractivity contribution >= 4 is 38.6 Å². The SMILES string of the molecule is C[n+]1c2ccccc2c(C(=O)Cl)c2ccccc21. The van der Waals surface area contributed by atoms with Crippen LogP contribution < -0.4 is 4.57 Å². The fraction of sp³-hybridized carbons (Fsp3) is 0.0667. The standard InChI is InChI=1S/C15H11ClNO/c1-17-12-8-4-2-6-10(12)14(15(16)18)11-7-3-5-9-13(11)17/h2-9H,1H3/q+1. The van der Waals surface area contributed by atoms with Crippen LogP contribution in [0, 0.1) is 0 Å². The van der Waals surface area contributed by atoms with Crippen LogP contribution in [-0.2, 0) is 7.05 Å². The van der Waals surface area contributed by atoms with Gasteiger partial charge in [-0.1, -0.05) is 24.3 Å². The molecule has 0 amide bonds. The number of nitrogens with zero attached hydrogens (tertiary/aromatic N) is 1. The van der Waals surface area contributed by atoms with E-state index in [0.717, 1.165) is 21.8 Å². The first-order chi connectivity index (χ1) is 8.70. The number of benzene rings is 2. The Morgan fingerprint density at radius 2 is 1.39 bits per heavy atom. The number of halogens is 1. The van der Waals surface area contributed by atoms with Crippen LogP contribution in [0.3, 0.4) is 0 Å².